The normalized spacial score (nSPS) is 22.8. The summed E-state index contributed by atoms with van der Waals surface area (Å²) in [6, 6.07) is 16.1. The Morgan fingerprint density at radius 3 is 2.18 bits per heavy atom. The Hall–Kier alpha value is -2.81. The molecule has 3 atom stereocenters. The molecule has 5 rings (SSSR count). The van der Waals surface area contributed by atoms with E-state index >= 15 is 0 Å². The zero-order valence-corrected chi connectivity index (χ0v) is 18.8. The van der Waals surface area contributed by atoms with Gasteiger partial charge in [0.25, 0.3) is 0 Å². The summed E-state index contributed by atoms with van der Waals surface area (Å²) in [5.74, 6) is -0.928. The Morgan fingerprint density at radius 1 is 0.939 bits per heavy atom. The monoisotopic (exact) mass is 470 g/mol. The molecule has 0 aliphatic carbocycles. The molecule has 0 spiro atoms. The number of hydrogen-bond donors (Lipinski definition) is 1. The van der Waals surface area contributed by atoms with Crippen LogP contribution in [-0.2, 0) is 10.0 Å². The van der Waals surface area contributed by atoms with Gasteiger partial charge in [-0.2, -0.15) is 4.31 Å². The summed E-state index contributed by atoms with van der Waals surface area (Å²) in [7, 11) is -1.98. The highest BCUT2D eigenvalue weighted by atomic mass is 32.2. The van der Waals surface area contributed by atoms with Gasteiger partial charge >= 0.3 is 0 Å². The molecule has 3 aromatic rings. The molecule has 172 valence electrons. The maximum atomic E-state index is 13.6. The molecule has 2 aliphatic heterocycles. The van der Waals surface area contributed by atoms with Gasteiger partial charge in [0.05, 0.1) is 23.6 Å². The summed E-state index contributed by atoms with van der Waals surface area (Å²) >= 11 is 0. The largest absolute Gasteiger partial charge is 0.394 e. The number of fused-ring (bicyclic) bond motifs is 3. The van der Waals surface area contributed by atoms with Gasteiger partial charge in [-0.3, -0.25) is 0 Å². The molecule has 3 aromatic carbocycles. The smallest absolute Gasteiger partial charge is 0.243 e. The van der Waals surface area contributed by atoms with Crippen molar-refractivity contribution in [1.29, 1.82) is 0 Å². The number of anilines is 1. The van der Waals surface area contributed by atoms with E-state index in [0.717, 1.165) is 34.5 Å². The molecule has 2 heterocycles. The second kappa shape index (κ2) is 8.20. The Bertz CT molecular complexity index is 1280. The molecule has 1 saturated heterocycles. The molecule has 0 unspecified atom stereocenters. The fourth-order valence-electron chi connectivity index (χ4n) is 5.25. The number of aliphatic hydroxyl groups is 1. The highest BCUT2D eigenvalue weighted by Gasteiger charge is 2.50. The average Bonchev–Trinajstić information content (AvgIpc) is 3.26. The summed E-state index contributed by atoms with van der Waals surface area (Å²) in [5.41, 5.74) is 3.38. The number of hydrogen-bond acceptors (Lipinski definition) is 4. The second-order valence-corrected chi connectivity index (χ2v) is 10.5. The van der Waals surface area contributed by atoms with Crippen LogP contribution in [0.15, 0.2) is 71.6 Å². The van der Waals surface area contributed by atoms with Gasteiger partial charge < -0.3 is 10.0 Å². The molecule has 5 nitrogen and oxygen atoms in total. The first kappa shape index (κ1) is 22.0. The standard InChI is InChI=1S/C25H24F2N2O3S/c1-28-23-11-4-17(16-2-5-18(26)6-3-16)14-22(23)25-21(24(28)15-30)12-13-29(25)33(31,32)20-9-7-19(27)8-10-20/h2-11,14,21,24-25,30H,12-13,15H2,1H3/t21-,24-,25-/m1/s1. The zero-order valence-electron chi connectivity index (χ0n) is 18.0. The van der Waals surface area contributed by atoms with Crippen molar-refractivity contribution in [3.05, 3.63) is 83.9 Å². The van der Waals surface area contributed by atoms with Crippen molar-refractivity contribution in [2.75, 3.05) is 25.1 Å². The third-order valence-electron chi connectivity index (χ3n) is 6.90. The number of sulfonamides is 1. The van der Waals surface area contributed by atoms with Crippen LogP contribution in [0, 0.1) is 17.6 Å². The van der Waals surface area contributed by atoms with Gasteiger partial charge in [-0.15, -0.1) is 0 Å². The predicted molar refractivity (Wildman–Crippen MR) is 122 cm³/mol. The second-order valence-electron chi connectivity index (χ2n) is 8.61. The summed E-state index contributed by atoms with van der Waals surface area (Å²) < 4.78 is 55.5. The molecule has 0 radical (unpaired) electrons. The Balaban J connectivity index is 1.63. The molecule has 0 bridgehead atoms. The third kappa shape index (κ3) is 3.62. The maximum absolute atomic E-state index is 13.6. The van der Waals surface area contributed by atoms with Crippen LogP contribution in [0.2, 0.25) is 0 Å². The van der Waals surface area contributed by atoms with Gasteiger partial charge in [-0.05, 0) is 71.6 Å². The summed E-state index contributed by atoms with van der Waals surface area (Å²) in [4.78, 5) is 2.05. The van der Waals surface area contributed by atoms with Crippen LogP contribution >= 0.6 is 0 Å². The van der Waals surface area contributed by atoms with Crippen LogP contribution in [0.25, 0.3) is 11.1 Å². The Labute approximate surface area is 191 Å². The Morgan fingerprint density at radius 2 is 1.55 bits per heavy atom. The highest BCUT2D eigenvalue weighted by Crippen LogP contribution is 2.51. The van der Waals surface area contributed by atoms with Gasteiger partial charge in [0.15, 0.2) is 0 Å². The van der Waals surface area contributed by atoms with Crippen molar-refractivity contribution in [3.63, 3.8) is 0 Å². The van der Waals surface area contributed by atoms with Crippen LogP contribution in [0.5, 0.6) is 0 Å². The van der Waals surface area contributed by atoms with Crippen molar-refractivity contribution in [2.24, 2.45) is 5.92 Å². The minimum Gasteiger partial charge on any atom is -0.394 e. The van der Waals surface area contributed by atoms with Crippen molar-refractivity contribution in [3.8, 4) is 11.1 Å². The van der Waals surface area contributed by atoms with Gasteiger partial charge in [0.2, 0.25) is 10.0 Å². The van der Waals surface area contributed by atoms with Crippen LogP contribution in [0.3, 0.4) is 0 Å². The van der Waals surface area contributed by atoms with Crippen LogP contribution in [-0.4, -0.2) is 44.1 Å². The number of nitrogens with zero attached hydrogens (tertiary/aromatic N) is 2. The fourth-order valence-corrected chi connectivity index (χ4v) is 6.91. The van der Waals surface area contributed by atoms with Crippen LogP contribution < -0.4 is 4.90 Å². The summed E-state index contributed by atoms with van der Waals surface area (Å²) in [5, 5.41) is 10.1. The van der Waals surface area contributed by atoms with E-state index in [-0.39, 0.29) is 29.3 Å². The van der Waals surface area contributed by atoms with Gasteiger partial charge in [0.1, 0.15) is 11.6 Å². The van der Waals surface area contributed by atoms with E-state index in [0.29, 0.717) is 13.0 Å². The van der Waals surface area contributed by atoms with E-state index in [1.165, 1.54) is 28.6 Å². The zero-order chi connectivity index (χ0) is 23.3. The van der Waals surface area contributed by atoms with Crippen molar-refractivity contribution in [1.82, 2.24) is 4.31 Å². The number of rotatable bonds is 4. The fraction of sp³-hybridized carbons (Fsp3) is 0.280. The molecular weight excluding hydrogens is 446 g/mol. The minimum atomic E-state index is -3.88. The lowest BCUT2D eigenvalue weighted by Crippen LogP contribution is -2.48. The first-order valence-electron chi connectivity index (χ1n) is 10.8. The lowest BCUT2D eigenvalue weighted by atomic mass is 9.81. The van der Waals surface area contributed by atoms with Crippen LogP contribution in [0.1, 0.15) is 18.0 Å². The van der Waals surface area contributed by atoms with E-state index in [1.54, 1.807) is 12.1 Å². The average molecular weight is 471 g/mol. The minimum absolute atomic E-state index is 0.0419. The molecule has 2 aliphatic rings. The summed E-state index contributed by atoms with van der Waals surface area (Å²) in [6.07, 6.45) is 0.598. The molecule has 1 fully saturated rings. The number of aliphatic hydroxyl groups excluding tert-OH is 1. The quantitative estimate of drug-likeness (QED) is 0.621. The van der Waals surface area contributed by atoms with Crippen molar-refractivity contribution < 1.29 is 22.3 Å². The predicted octanol–water partition coefficient (Wildman–Crippen LogP) is 4.19. The maximum Gasteiger partial charge on any atom is 0.243 e. The summed E-state index contributed by atoms with van der Waals surface area (Å²) in [6.45, 7) is 0.209. The third-order valence-corrected chi connectivity index (χ3v) is 8.80. The molecule has 0 saturated carbocycles. The lowest BCUT2D eigenvalue weighted by molar-refractivity contribution is 0.193. The van der Waals surface area contributed by atoms with E-state index in [4.69, 9.17) is 0 Å². The van der Waals surface area contributed by atoms with Crippen molar-refractivity contribution in [2.45, 2.75) is 23.4 Å². The molecular formula is C25H24F2N2O3S. The number of likely N-dealkylation sites (N-methyl/N-ethyl adjacent to an activating group) is 1. The number of benzene rings is 3. The molecule has 1 N–H and O–H groups in total. The lowest BCUT2D eigenvalue weighted by Gasteiger charge is -2.44. The molecule has 0 amide bonds. The first-order valence-corrected chi connectivity index (χ1v) is 12.3. The van der Waals surface area contributed by atoms with E-state index < -0.39 is 21.9 Å². The molecule has 33 heavy (non-hydrogen) atoms. The highest BCUT2D eigenvalue weighted by molar-refractivity contribution is 7.89. The van der Waals surface area contributed by atoms with Crippen LogP contribution in [0.4, 0.5) is 14.5 Å². The van der Waals surface area contributed by atoms with Crippen molar-refractivity contribution >= 4 is 15.7 Å². The van der Waals surface area contributed by atoms with E-state index in [9.17, 15) is 22.3 Å². The molecule has 8 heteroatoms. The SMILES string of the molecule is CN1c2ccc(-c3ccc(F)cc3)cc2[C@H]2[C@H](CCN2S(=O)(=O)c2ccc(F)cc2)[C@H]1CO. The van der Waals surface area contributed by atoms with E-state index in [1.807, 2.05) is 30.1 Å². The Kier molecular flexibility index (Phi) is 5.47. The molecule has 0 aromatic heterocycles. The number of halogens is 2. The van der Waals surface area contributed by atoms with Gasteiger partial charge in [-0.1, -0.05) is 18.2 Å². The van der Waals surface area contributed by atoms with Gasteiger partial charge in [0, 0.05) is 25.2 Å². The first-order chi connectivity index (χ1) is 15.8. The van der Waals surface area contributed by atoms with E-state index in [2.05, 4.69) is 0 Å². The van der Waals surface area contributed by atoms with Gasteiger partial charge in [-0.25, -0.2) is 17.2 Å². The topological polar surface area (TPSA) is 60.9 Å².